The zero-order valence-corrected chi connectivity index (χ0v) is 10.2. The first-order valence-electron chi connectivity index (χ1n) is 5.83. The van der Waals surface area contributed by atoms with Gasteiger partial charge < -0.3 is 10.3 Å². The van der Waals surface area contributed by atoms with E-state index >= 15 is 0 Å². The van der Waals surface area contributed by atoms with Crippen LogP contribution in [-0.2, 0) is 6.42 Å². The van der Waals surface area contributed by atoms with Gasteiger partial charge in [-0.05, 0) is 30.2 Å². The lowest BCUT2D eigenvalue weighted by Gasteiger charge is -2.04. The molecule has 0 fully saturated rings. The minimum atomic E-state index is 0.527. The summed E-state index contributed by atoms with van der Waals surface area (Å²) in [5, 5.41) is 3.87. The van der Waals surface area contributed by atoms with Crippen molar-refractivity contribution >= 4 is 0 Å². The topological polar surface area (TPSA) is 64.9 Å². The van der Waals surface area contributed by atoms with Crippen LogP contribution in [0.1, 0.15) is 31.2 Å². The van der Waals surface area contributed by atoms with Crippen LogP contribution in [0.2, 0.25) is 0 Å². The molecule has 0 bridgehead atoms. The fraction of sp³-hybridized carbons (Fsp3) is 0.385. The molecule has 0 radical (unpaired) electrons. The molecule has 0 unspecified atom stereocenters. The van der Waals surface area contributed by atoms with Crippen LogP contribution in [0.4, 0.5) is 0 Å². The summed E-state index contributed by atoms with van der Waals surface area (Å²) in [6.07, 6.45) is 0.646. The van der Waals surface area contributed by atoms with Crippen molar-refractivity contribution in [1.82, 2.24) is 10.1 Å². The molecule has 90 valence electrons. The predicted octanol–water partition coefficient (Wildman–Crippen LogP) is 2.36. The van der Waals surface area contributed by atoms with E-state index < -0.39 is 0 Å². The van der Waals surface area contributed by atoms with Crippen molar-refractivity contribution in [1.29, 1.82) is 0 Å². The first kappa shape index (κ1) is 11.8. The van der Waals surface area contributed by atoms with Crippen LogP contribution in [-0.4, -0.2) is 16.7 Å². The lowest BCUT2D eigenvalue weighted by Crippen LogP contribution is -2.03. The Labute approximate surface area is 101 Å². The minimum Gasteiger partial charge on any atom is -0.334 e. The monoisotopic (exact) mass is 231 g/mol. The first-order valence-corrected chi connectivity index (χ1v) is 5.83. The number of rotatable bonds is 4. The van der Waals surface area contributed by atoms with Crippen LogP contribution >= 0.6 is 0 Å². The maximum atomic E-state index is 5.44. The van der Waals surface area contributed by atoms with Crippen molar-refractivity contribution in [2.75, 3.05) is 6.54 Å². The van der Waals surface area contributed by atoms with Gasteiger partial charge in [0, 0.05) is 12.0 Å². The first-order chi connectivity index (χ1) is 8.20. The van der Waals surface area contributed by atoms with Gasteiger partial charge in [-0.3, -0.25) is 0 Å². The van der Waals surface area contributed by atoms with E-state index in [-0.39, 0.29) is 0 Å². The molecule has 0 spiro atoms. The second-order valence-electron chi connectivity index (χ2n) is 4.33. The van der Waals surface area contributed by atoms with Gasteiger partial charge in [-0.25, -0.2) is 0 Å². The number of hydrogen-bond donors (Lipinski definition) is 1. The summed E-state index contributed by atoms with van der Waals surface area (Å²) >= 11 is 0. The third-order valence-corrected chi connectivity index (χ3v) is 2.66. The molecule has 0 amide bonds. The number of aromatic nitrogens is 2. The molecule has 4 heteroatoms. The molecule has 2 N–H and O–H groups in total. The molecule has 4 nitrogen and oxygen atoms in total. The standard InChI is InChI=1S/C13H17N3O/c1-9(2)10-3-5-11(6-4-10)13-15-12(7-8-14)16-17-13/h3-6,9H,7-8,14H2,1-2H3. The number of hydrogen-bond acceptors (Lipinski definition) is 4. The summed E-state index contributed by atoms with van der Waals surface area (Å²) < 4.78 is 5.19. The van der Waals surface area contributed by atoms with Crippen LogP contribution in [0, 0.1) is 0 Å². The van der Waals surface area contributed by atoms with Gasteiger partial charge >= 0.3 is 0 Å². The summed E-state index contributed by atoms with van der Waals surface area (Å²) in [6, 6.07) is 8.20. The molecule has 0 saturated carbocycles. The van der Waals surface area contributed by atoms with Gasteiger partial charge in [0.1, 0.15) is 0 Å². The average molecular weight is 231 g/mol. The van der Waals surface area contributed by atoms with Crippen LogP contribution in [0.15, 0.2) is 28.8 Å². The van der Waals surface area contributed by atoms with Crippen molar-refractivity contribution < 1.29 is 4.52 Å². The summed E-state index contributed by atoms with van der Waals surface area (Å²) in [7, 11) is 0. The number of benzene rings is 1. The fourth-order valence-electron chi connectivity index (χ4n) is 1.61. The molecular weight excluding hydrogens is 214 g/mol. The van der Waals surface area contributed by atoms with E-state index in [4.69, 9.17) is 10.3 Å². The third-order valence-electron chi connectivity index (χ3n) is 2.66. The SMILES string of the molecule is CC(C)c1ccc(-c2nc(CCN)no2)cc1. The Morgan fingerprint density at radius 1 is 1.24 bits per heavy atom. The lowest BCUT2D eigenvalue weighted by molar-refractivity contribution is 0.422. The van der Waals surface area contributed by atoms with Gasteiger partial charge in [-0.1, -0.05) is 31.1 Å². The summed E-state index contributed by atoms with van der Waals surface area (Å²) in [5.41, 5.74) is 7.69. The smallest absolute Gasteiger partial charge is 0.257 e. The molecule has 17 heavy (non-hydrogen) atoms. The maximum absolute atomic E-state index is 5.44. The van der Waals surface area contributed by atoms with E-state index in [1.165, 1.54) is 5.56 Å². The van der Waals surface area contributed by atoms with E-state index in [1.54, 1.807) is 0 Å². The molecular formula is C13H17N3O. The van der Waals surface area contributed by atoms with Gasteiger partial charge in [-0.2, -0.15) is 4.98 Å². The predicted molar refractivity (Wildman–Crippen MR) is 66.6 cm³/mol. The second-order valence-corrected chi connectivity index (χ2v) is 4.33. The Morgan fingerprint density at radius 2 is 1.94 bits per heavy atom. The molecule has 1 aromatic heterocycles. The van der Waals surface area contributed by atoms with E-state index in [0.717, 1.165) is 5.56 Å². The normalized spacial score (nSPS) is 11.1. The molecule has 0 aliphatic rings. The molecule has 0 saturated heterocycles. The highest BCUT2D eigenvalue weighted by molar-refractivity contribution is 5.53. The molecule has 0 atom stereocenters. The van der Waals surface area contributed by atoms with Crippen molar-refractivity contribution in [3.8, 4) is 11.5 Å². The zero-order chi connectivity index (χ0) is 12.3. The summed E-state index contributed by atoms with van der Waals surface area (Å²) in [4.78, 5) is 4.29. The summed E-state index contributed by atoms with van der Waals surface area (Å²) in [6.45, 7) is 4.87. The van der Waals surface area contributed by atoms with Gasteiger partial charge in [0.15, 0.2) is 5.82 Å². The Bertz CT molecular complexity index is 474. The van der Waals surface area contributed by atoms with Crippen molar-refractivity contribution in [3.05, 3.63) is 35.7 Å². The quantitative estimate of drug-likeness (QED) is 0.877. The molecule has 0 aliphatic carbocycles. The Morgan fingerprint density at radius 3 is 2.53 bits per heavy atom. The van der Waals surface area contributed by atoms with E-state index in [9.17, 15) is 0 Å². The highest BCUT2D eigenvalue weighted by atomic mass is 16.5. The van der Waals surface area contributed by atoms with Crippen molar-refractivity contribution in [2.45, 2.75) is 26.2 Å². The Kier molecular flexibility index (Phi) is 3.54. The highest BCUT2D eigenvalue weighted by Gasteiger charge is 2.08. The Hall–Kier alpha value is -1.68. The second kappa shape index (κ2) is 5.10. The lowest BCUT2D eigenvalue weighted by atomic mass is 10.0. The van der Waals surface area contributed by atoms with Crippen molar-refractivity contribution in [3.63, 3.8) is 0 Å². The van der Waals surface area contributed by atoms with Gasteiger partial charge in [0.05, 0.1) is 0 Å². The van der Waals surface area contributed by atoms with Gasteiger partial charge in [0.25, 0.3) is 5.89 Å². The average Bonchev–Trinajstić information content (AvgIpc) is 2.78. The molecule has 1 aromatic carbocycles. The van der Waals surface area contributed by atoms with Crippen LogP contribution in [0.5, 0.6) is 0 Å². The highest BCUT2D eigenvalue weighted by Crippen LogP contribution is 2.21. The van der Waals surface area contributed by atoms with Crippen LogP contribution in [0.25, 0.3) is 11.5 Å². The minimum absolute atomic E-state index is 0.527. The van der Waals surface area contributed by atoms with Gasteiger partial charge in [0.2, 0.25) is 0 Å². The van der Waals surface area contributed by atoms with Crippen LogP contribution < -0.4 is 5.73 Å². The molecule has 2 aromatic rings. The van der Waals surface area contributed by atoms with E-state index in [2.05, 4.69) is 36.1 Å². The fourth-order valence-corrected chi connectivity index (χ4v) is 1.61. The van der Waals surface area contributed by atoms with E-state index in [0.29, 0.717) is 30.6 Å². The number of nitrogens with two attached hydrogens (primary N) is 1. The zero-order valence-electron chi connectivity index (χ0n) is 10.2. The largest absolute Gasteiger partial charge is 0.334 e. The van der Waals surface area contributed by atoms with Gasteiger partial charge in [-0.15, -0.1) is 0 Å². The Balaban J connectivity index is 2.21. The molecule has 0 aliphatic heterocycles. The number of nitrogens with zero attached hydrogens (tertiary/aromatic N) is 2. The van der Waals surface area contributed by atoms with Crippen molar-refractivity contribution in [2.24, 2.45) is 5.73 Å². The van der Waals surface area contributed by atoms with Crippen LogP contribution in [0.3, 0.4) is 0 Å². The molecule has 1 heterocycles. The maximum Gasteiger partial charge on any atom is 0.257 e. The van der Waals surface area contributed by atoms with E-state index in [1.807, 2.05) is 12.1 Å². The third kappa shape index (κ3) is 2.71. The molecule has 2 rings (SSSR count). The summed E-state index contributed by atoms with van der Waals surface area (Å²) in [5.74, 6) is 1.75.